The third kappa shape index (κ3) is 0.843. The van der Waals surface area contributed by atoms with E-state index >= 15 is 0 Å². The van der Waals surface area contributed by atoms with E-state index in [0.29, 0.717) is 6.54 Å². The normalized spacial score (nSPS) is 44.7. The zero-order valence-corrected chi connectivity index (χ0v) is 9.04. The van der Waals surface area contributed by atoms with Gasteiger partial charge in [-0.1, -0.05) is 0 Å². The minimum atomic E-state index is -0.362. The molecule has 0 amide bonds. The fourth-order valence-electron chi connectivity index (χ4n) is 3.74. The standard InChI is InChI=1S/C11H17NO3/c1-14-8(13)10-5-9(6-10,7-12)15-11(10)3-2-4-11/h2-7,12H2,1H3. The molecule has 4 rings (SSSR count). The van der Waals surface area contributed by atoms with Gasteiger partial charge in [0.05, 0.1) is 18.3 Å². The van der Waals surface area contributed by atoms with E-state index in [4.69, 9.17) is 15.2 Å². The first kappa shape index (κ1) is 9.60. The summed E-state index contributed by atoms with van der Waals surface area (Å²) >= 11 is 0. The molecule has 2 saturated carbocycles. The van der Waals surface area contributed by atoms with Crippen molar-refractivity contribution in [2.45, 2.75) is 43.3 Å². The summed E-state index contributed by atoms with van der Waals surface area (Å²) in [7, 11) is 1.46. The van der Waals surface area contributed by atoms with Crippen molar-refractivity contribution in [2.75, 3.05) is 13.7 Å². The molecule has 84 valence electrons. The fraction of sp³-hybridized carbons (Fsp3) is 0.909. The molecule has 1 spiro atoms. The van der Waals surface area contributed by atoms with Crippen LogP contribution in [-0.4, -0.2) is 30.8 Å². The summed E-state index contributed by atoms with van der Waals surface area (Å²) in [6.45, 7) is 0.521. The molecule has 2 bridgehead atoms. The van der Waals surface area contributed by atoms with E-state index in [1.54, 1.807) is 0 Å². The van der Waals surface area contributed by atoms with E-state index < -0.39 is 0 Å². The SMILES string of the molecule is COC(=O)C12CC(CN)(C1)OC21CCC1. The van der Waals surface area contributed by atoms with Gasteiger partial charge in [0.25, 0.3) is 0 Å². The van der Waals surface area contributed by atoms with E-state index in [1.807, 2.05) is 0 Å². The number of methoxy groups -OCH3 is 1. The number of ether oxygens (including phenoxy) is 2. The summed E-state index contributed by atoms with van der Waals surface area (Å²) < 4.78 is 11.0. The smallest absolute Gasteiger partial charge is 0.314 e. The van der Waals surface area contributed by atoms with Gasteiger partial charge in [-0.15, -0.1) is 0 Å². The summed E-state index contributed by atoms with van der Waals surface area (Å²) in [4.78, 5) is 11.9. The number of hydrogen-bond acceptors (Lipinski definition) is 4. The molecule has 4 fully saturated rings. The average Bonchev–Trinajstić information content (AvgIpc) is 2.61. The van der Waals surface area contributed by atoms with Gasteiger partial charge >= 0.3 is 5.97 Å². The molecule has 2 aliphatic heterocycles. The van der Waals surface area contributed by atoms with Crippen molar-refractivity contribution in [3.63, 3.8) is 0 Å². The van der Waals surface area contributed by atoms with Crippen molar-refractivity contribution >= 4 is 5.97 Å². The zero-order chi connectivity index (χ0) is 10.7. The van der Waals surface area contributed by atoms with E-state index in [2.05, 4.69) is 0 Å². The van der Waals surface area contributed by atoms with Gasteiger partial charge < -0.3 is 15.2 Å². The maximum atomic E-state index is 11.9. The molecule has 0 aromatic rings. The predicted molar refractivity (Wildman–Crippen MR) is 53.1 cm³/mol. The number of esters is 1. The van der Waals surface area contributed by atoms with Gasteiger partial charge in [-0.2, -0.15) is 0 Å². The molecule has 15 heavy (non-hydrogen) atoms. The van der Waals surface area contributed by atoms with Gasteiger partial charge in [0.2, 0.25) is 0 Å². The van der Waals surface area contributed by atoms with Crippen molar-refractivity contribution in [3.05, 3.63) is 0 Å². The van der Waals surface area contributed by atoms with Crippen LogP contribution in [-0.2, 0) is 14.3 Å². The summed E-state index contributed by atoms with van der Waals surface area (Å²) in [5.41, 5.74) is 4.93. The van der Waals surface area contributed by atoms with E-state index in [1.165, 1.54) is 7.11 Å². The largest absolute Gasteiger partial charge is 0.469 e. The summed E-state index contributed by atoms with van der Waals surface area (Å²) in [6.07, 6.45) is 4.67. The molecule has 4 heteroatoms. The fourth-order valence-corrected chi connectivity index (χ4v) is 3.74. The summed E-state index contributed by atoms with van der Waals surface area (Å²) in [5, 5.41) is 0. The number of hydrogen-bond donors (Lipinski definition) is 1. The molecule has 2 saturated heterocycles. The monoisotopic (exact) mass is 211 g/mol. The first-order valence-electron chi connectivity index (χ1n) is 5.61. The molecular weight excluding hydrogens is 194 g/mol. The van der Waals surface area contributed by atoms with E-state index in [0.717, 1.165) is 32.1 Å². The average molecular weight is 211 g/mol. The lowest BCUT2D eigenvalue weighted by atomic mass is 9.51. The van der Waals surface area contributed by atoms with Crippen molar-refractivity contribution in [1.82, 2.24) is 0 Å². The molecule has 0 aromatic carbocycles. The molecule has 2 N–H and O–H groups in total. The highest BCUT2D eigenvalue weighted by Crippen LogP contribution is 2.72. The number of rotatable bonds is 2. The second-order valence-electron chi connectivity index (χ2n) is 5.26. The topological polar surface area (TPSA) is 61.5 Å². The Hall–Kier alpha value is -0.610. The molecule has 4 nitrogen and oxygen atoms in total. The summed E-state index contributed by atoms with van der Waals surface area (Å²) in [6, 6.07) is 0. The maximum absolute atomic E-state index is 11.9. The molecule has 4 aliphatic rings. The van der Waals surface area contributed by atoms with Crippen molar-refractivity contribution in [3.8, 4) is 0 Å². The predicted octanol–water partition coefficient (Wildman–Crippen LogP) is 0.590. The molecule has 0 unspecified atom stereocenters. The first-order valence-corrected chi connectivity index (χ1v) is 5.61. The van der Waals surface area contributed by atoms with Crippen LogP contribution in [0.15, 0.2) is 0 Å². The minimum absolute atomic E-state index is 0.0937. The van der Waals surface area contributed by atoms with Crippen LogP contribution < -0.4 is 5.73 Å². The van der Waals surface area contributed by atoms with Crippen molar-refractivity contribution < 1.29 is 14.3 Å². The molecule has 2 heterocycles. The van der Waals surface area contributed by atoms with Crippen LogP contribution in [0.1, 0.15) is 32.1 Å². The third-order valence-electron chi connectivity index (χ3n) is 4.64. The van der Waals surface area contributed by atoms with Crippen LogP contribution in [0.2, 0.25) is 0 Å². The highest BCUT2D eigenvalue weighted by Gasteiger charge is 2.79. The lowest BCUT2D eigenvalue weighted by Gasteiger charge is -2.48. The second kappa shape index (κ2) is 2.55. The van der Waals surface area contributed by atoms with Gasteiger partial charge in [0.1, 0.15) is 5.41 Å². The van der Waals surface area contributed by atoms with Gasteiger partial charge in [-0.3, -0.25) is 4.79 Å². The quantitative estimate of drug-likeness (QED) is 0.679. The molecule has 0 aromatic heterocycles. The maximum Gasteiger partial charge on any atom is 0.314 e. The molecule has 2 aliphatic carbocycles. The lowest BCUT2D eigenvalue weighted by Crippen LogP contribution is -2.58. The second-order valence-corrected chi connectivity index (χ2v) is 5.26. The van der Waals surface area contributed by atoms with Crippen LogP contribution in [0.5, 0.6) is 0 Å². The van der Waals surface area contributed by atoms with Gasteiger partial charge in [0.15, 0.2) is 0 Å². The van der Waals surface area contributed by atoms with E-state index in [9.17, 15) is 4.79 Å². The Morgan fingerprint density at radius 2 is 2.13 bits per heavy atom. The van der Waals surface area contributed by atoms with Gasteiger partial charge in [-0.05, 0) is 32.1 Å². The van der Waals surface area contributed by atoms with Crippen LogP contribution in [0.4, 0.5) is 0 Å². The lowest BCUT2D eigenvalue weighted by molar-refractivity contribution is -0.167. The van der Waals surface area contributed by atoms with Crippen LogP contribution >= 0.6 is 0 Å². The van der Waals surface area contributed by atoms with E-state index in [-0.39, 0.29) is 22.6 Å². The number of carbonyl (C=O) groups is 1. The van der Waals surface area contributed by atoms with Crippen LogP contribution in [0.25, 0.3) is 0 Å². The number of nitrogens with two attached hydrogens (primary N) is 1. The summed E-state index contributed by atoms with van der Waals surface area (Å²) in [5.74, 6) is -0.0937. The van der Waals surface area contributed by atoms with Crippen molar-refractivity contribution in [1.29, 1.82) is 0 Å². The first-order chi connectivity index (χ1) is 7.12. The highest BCUT2D eigenvalue weighted by molar-refractivity contribution is 5.81. The zero-order valence-electron chi connectivity index (χ0n) is 9.04. The Labute approximate surface area is 89.1 Å². The molecule has 0 atom stereocenters. The highest BCUT2D eigenvalue weighted by atomic mass is 16.6. The van der Waals surface area contributed by atoms with Crippen LogP contribution in [0.3, 0.4) is 0 Å². The minimum Gasteiger partial charge on any atom is -0.469 e. The van der Waals surface area contributed by atoms with Gasteiger partial charge in [0, 0.05) is 6.54 Å². The van der Waals surface area contributed by atoms with Crippen LogP contribution in [0, 0.1) is 5.41 Å². The molecule has 0 radical (unpaired) electrons. The Kier molecular flexibility index (Phi) is 1.63. The Balaban J connectivity index is 1.94. The van der Waals surface area contributed by atoms with Crippen molar-refractivity contribution in [2.24, 2.45) is 11.1 Å². The Bertz CT molecular complexity index is 316. The third-order valence-corrected chi connectivity index (χ3v) is 4.64. The molecular formula is C11H17NO3. The number of carbonyl (C=O) groups excluding carboxylic acids is 1. The Morgan fingerprint density at radius 1 is 1.47 bits per heavy atom. The Morgan fingerprint density at radius 3 is 2.53 bits per heavy atom. The van der Waals surface area contributed by atoms with Gasteiger partial charge in [-0.25, -0.2) is 0 Å².